The molecule has 1 aromatic rings. The summed E-state index contributed by atoms with van der Waals surface area (Å²) in [5.41, 5.74) is 10.1. The van der Waals surface area contributed by atoms with Crippen molar-refractivity contribution in [1.29, 1.82) is 0 Å². The molecule has 0 aliphatic carbocycles. The highest BCUT2D eigenvalue weighted by molar-refractivity contribution is 5.68. The number of amides is 1. The maximum atomic E-state index is 12.3. The topological polar surface area (TPSA) is 58.8 Å². The van der Waals surface area contributed by atoms with Gasteiger partial charge in [-0.25, -0.2) is 4.79 Å². The second-order valence-electron chi connectivity index (χ2n) is 7.90. The predicted molar refractivity (Wildman–Crippen MR) is 98.0 cm³/mol. The summed E-state index contributed by atoms with van der Waals surface area (Å²) in [6, 6.07) is 4.36. The quantitative estimate of drug-likeness (QED) is 0.844. The number of piperazine rings is 1. The lowest BCUT2D eigenvalue weighted by atomic mass is 10.0. The summed E-state index contributed by atoms with van der Waals surface area (Å²) < 4.78 is 5.50. The third kappa shape index (κ3) is 4.63. The molecule has 0 spiro atoms. The monoisotopic (exact) mass is 333 g/mol. The minimum absolute atomic E-state index is 0.135. The van der Waals surface area contributed by atoms with E-state index in [9.17, 15) is 4.79 Å². The molecule has 1 heterocycles. The number of ether oxygens (including phenoxy) is 1. The fraction of sp³-hybridized carbons (Fsp3) is 0.632. The molecule has 1 atom stereocenters. The fourth-order valence-corrected chi connectivity index (χ4v) is 3.14. The molecule has 0 aromatic heterocycles. The molecule has 1 aliphatic heterocycles. The summed E-state index contributed by atoms with van der Waals surface area (Å²) in [7, 11) is 0. The fourth-order valence-electron chi connectivity index (χ4n) is 3.14. The van der Waals surface area contributed by atoms with Gasteiger partial charge in [0.25, 0.3) is 0 Å². The molecule has 5 heteroatoms. The van der Waals surface area contributed by atoms with Crippen molar-refractivity contribution in [2.45, 2.75) is 59.7 Å². The van der Waals surface area contributed by atoms with Crippen molar-refractivity contribution >= 4 is 11.8 Å². The Balaban J connectivity index is 2.00. The van der Waals surface area contributed by atoms with E-state index in [1.807, 2.05) is 31.7 Å². The van der Waals surface area contributed by atoms with E-state index >= 15 is 0 Å². The van der Waals surface area contributed by atoms with E-state index in [1.165, 1.54) is 11.1 Å². The first-order valence-electron chi connectivity index (χ1n) is 8.64. The summed E-state index contributed by atoms with van der Waals surface area (Å²) in [6.45, 7) is 15.2. The summed E-state index contributed by atoms with van der Waals surface area (Å²) in [5, 5.41) is 0. The van der Waals surface area contributed by atoms with Gasteiger partial charge in [0.15, 0.2) is 0 Å². The number of aryl methyl sites for hydroxylation is 1. The second kappa shape index (κ2) is 7.01. The lowest BCUT2D eigenvalue weighted by Crippen LogP contribution is -2.54. The number of rotatable bonds is 2. The lowest BCUT2D eigenvalue weighted by Gasteiger charge is -2.40. The van der Waals surface area contributed by atoms with Gasteiger partial charge in [-0.05, 0) is 64.3 Å². The van der Waals surface area contributed by atoms with Crippen LogP contribution in [0.2, 0.25) is 0 Å². The van der Waals surface area contributed by atoms with E-state index in [0.29, 0.717) is 6.54 Å². The van der Waals surface area contributed by atoms with Crippen molar-refractivity contribution in [3.8, 4) is 0 Å². The van der Waals surface area contributed by atoms with Crippen LogP contribution in [0.5, 0.6) is 0 Å². The molecular weight excluding hydrogens is 302 g/mol. The number of carbonyl (C=O) groups excluding carboxylic acids is 1. The summed E-state index contributed by atoms with van der Waals surface area (Å²) in [6.07, 6.45) is -0.217. The molecule has 134 valence electrons. The van der Waals surface area contributed by atoms with Gasteiger partial charge in [-0.3, -0.25) is 4.90 Å². The van der Waals surface area contributed by atoms with Crippen LogP contribution in [0.1, 0.15) is 44.4 Å². The van der Waals surface area contributed by atoms with Crippen molar-refractivity contribution < 1.29 is 9.53 Å². The number of nitrogens with two attached hydrogens (primary N) is 1. The normalized spacial score (nSPS) is 19.4. The number of hydrogen-bond donors (Lipinski definition) is 1. The first-order chi connectivity index (χ1) is 11.1. The maximum Gasteiger partial charge on any atom is 0.410 e. The van der Waals surface area contributed by atoms with Crippen LogP contribution >= 0.6 is 0 Å². The van der Waals surface area contributed by atoms with E-state index < -0.39 is 5.60 Å². The molecule has 24 heavy (non-hydrogen) atoms. The van der Waals surface area contributed by atoms with Crippen LogP contribution in [0.4, 0.5) is 10.5 Å². The van der Waals surface area contributed by atoms with Crippen molar-refractivity contribution in [3.63, 3.8) is 0 Å². The Hall–Kier alpha value is -1.75. The van der Waals surface area contributed by atoms with Gasteiger partial charge in [0.2, 0.25) is 0 Å². The molecule has 1 saturated heterocycles. The van der Waals surface area contributed by atoms with Crippen molar-refractivity contribution in [2.24, 2.45) is 0 Å². The van der Waals surface area contributed by atoms with Gasteiger partial charge in [-0.2, -0.15) is 0 Å². The minimum Gasteiger partial charge on any atom is -0.444 e. The number of nitrogen functional groups attached to an aromatic ring is 1. The second-order valence-corrected chi connectivity index (χ2v) is 7.90. The maximum absolute atomic E-state index is 12.3. The molecule has 0 unspecified atom stereocenters. The summed E-state index contributed by atoms with van der Waals surface area (Å²) >= 11 is 0. The van der Waals surface area contributed by atoms with E-state index in [4.69, 9.17) is 10.5 Å². The molecule has 1 aromatic carbocycles. The Morgan fingerprint density at radius 3 is 2.54 bits per heavy atom. The summed E-state index contributed by atoms with van der Waals surface area (Å²) in [4.78, 5) is 16.5. The third-order valence-electron chi connectivity index (χ3n) is 4.43. The van der Waals surface area contributed by atoms with Gasteiger partial charge in [0.05, 0.1) is 0 Å². The highest BCUT2D eigenvalue weighted by Gasteiger charge is 2.30. The van der Waals surface area contributed by atoms with Crippen LogP contribution < -0.4 is 5.73 Å². The third-order valence-corrected chi connectivity index (χ3v) is 4.43. The van der Waals surface area contributed by atoms with E-state index in [2.05, 4.69) is 31.7 Å². The molecule has 2 rings (SSSR count). The first-order valence-corrected chi connectivity index (χ1v) is 8.64. The molecule has 2 N–H and O–H groups in total. The van der Waals surface area contributed by atoms with Crippen LogP contribution in [0, 0.1) is 13.8 Å². The Morgan fingerprint density at radius 2 is 1.96 bits per heavy atom. The van der Waals surface area contributed by atoms with Crippen LogP contribution in [0.25, 0.3) is 0 Å². The minimum atomic E-state index is -0.454. The van der Waals surface area contributed by atoms with E-state index in [0.717, 1.165) is 30.9 Å². The Morgan fingerprint density at radius 1 is 1.29 bits per heavy atom. The molecule has 0 radical (unpaired) electrons. The number of benzene rings is 1. The van der Waals surface area contributed by atoms with Crippen molar-refractivity contribution in [1.82, 2.24) is 9.80 Å². The standard InChI is InChI=1S/C19H31N3O2/c1-13-9-16(15(3)17(20)10-13)12-21-7-8-22(14(2)11-21)18(23)24-19(4,5)6/h9-10,14H,7-8,11-12,20H2,1-6H3/t14-/m0/s1. The zero-order valence-corrected chi connectivity index (χ0v) is 15.8. The van der Waals surface area contributed by atoms with Gasteiger partial charge in [-0.15, -0.1) is 0 Å². The van der Waals surface area contributed by atoms with Crippen LogP contribution in [-0.2, 0) is 11.3 Å². The van der Waals surface area contributed by atoms with Gasteiger partial charge in [0.1, 0.15) is 5.60 Å². The summed E-state index contributed by atoms with van der Waals surface area (Å²) in [5.74, 6) is 0. The highest BCUT2D eigenvalue weighted by atomic mass is 16.6. The molecule has 1 fully saturated rings. The van der Waals surface area contributed by atoms with Crippen molar-refractivity contribution in [2.75, 3.05) is 25.4 Å². The van der Waals surface area contributed by atoms with Gasteiger partial charge < -0.3 is 15.4 Å². The smallest absolute Gasteiger partial charge is 0.410 e. The van der Waals surface area contributed by atoms with Gasteiger partial charge >= 0.3 is 6.09 Å². The number of anilines is 1. The lowest BCUT2D eigenvalue weighted by molar-refractivity contribution is 0.000542. The molecule has 0 saturated carbocycles. The largest absolute Gasteiger partial charge is 0.444 e. The molecule has 5 nitrogen and oxygen atoms in total. The van der Waals surface area contributed by atoms with Gasteiger partial charge in [0, 0.05) is 37.9 Å². The zero-order valence-electron chi connectivity index (χ0n) is 15.8. The van der Waals surface area contributed by atoms with Gasteiger partial charge in [-0.1, -0.05) is 6.07 Å². The molecule has 1 aliphatic rings. The Kier molecular flexibility index (Phi) is 5.43. The Labute approximate surface area is 145 Å². The zero-order chi connectivity index (χ0) is 18.1. The number of carbonyl (C=O) groups is 1. The molecule has 1 amide bonds. The SMILES string of the molecule is Cc1cc(N)c(C)c(CN2CCN(C(=O)OC(C)(C)C)[C@@H](C)C2)c1. The van der Waals surface area contributed by atoms with Crippen LogP contribution in [0.3, 0.4) is 0 Å². The highest BCUT2D eigenvalue weighted by Crippen LogP contribution is 2.22. The Bertz CT molecular complexity index is 607. The predicted octanol–water partition coefficient (Wildman–Crippen LogP) is 3.33. The van der Waals surface area contributed by atoms with E-state index in [1.54, 1.807) is 0 Å². The number of nitrogens with zero attached hydrogens (tertiary/aromatic N) is 2. The van der Waals surface area contributed by atoms with Crippen LogP contribution in [0.15, 0.2) is 12.1 Å². The average Bonchev–Trinajstić information content (AvgIpc) is 2.42. The van der Waals surface area contributed by atoms with Crippen molar-refractivity contribution in [3.05, 3.63) is 28.8 Å². The number of hydrogen-bond acceptors (Lipinski definition) is 4. The average molecular weight is 333 g/mol. The van der Waals surface area contributed by atoms with Crippen LogP contribution in [-0.4, -0.2) is 47.2 Å². The first kappa shape index (κ1) is 18.6. The molecular formula is C19H31N3O2. The molecule has 0 bridgehead atoms. The van der Waals surface area contributed by atoms with E-state index in [-0.39, 0.29) is 12.1 Å².